The van der Waals surface area contributed by atoms with Crippen LogP contribution < -0.4 is 10.2 Å². The number of hydrogen-bond acceptors (Lipinski definition) is 5. The molecular formula is C20H24N6O. The van der Waals surface area contributed by atoms with E-state index in [1.54, 1.807) is 23.1 Å². The molecule has 3 aromatic heterocycles. The van der Waals surface area contributed by atoms with Crippen molar-refractivity contribution in [3.63, 3.8) is 0 Å². The number of carbonyl (C=O) groups is 1. The third kappa shape index (κ3) is 3.77. The Labute approximate surface area is 158 Å². The van der Waals surface area contributed by atoms with Gasteiger partial charge in [-0.2, -0.15) is 5.10 Å². The first-order valence-corrected chi connectivity index (χ1v) is 9.51. The Bertz CT molecular complexity index is 915. The topological polar surface area (TPSA) is 75.4 Å². The van der Waals surface area contributed by atoms with Gasteiger partial charge < -0.3 is 10.2 Å². The summed E-state index contributed by atoms with van der Waals surface area (Å²) in [4.78, 5) is 23.6. The first kappa shape index (κ1) is 17.5. The van der Waals surface area contributed by atoms with Gasteiger partial charge in [0.15, 0.2) is 5.65 Å². The number of aromatic nitrogens is 4. The number of fused-ring (bicyclic) bond motifs is 1. The molecule has 7 nitrogen and oxygen atoms in total. The van der Waals surface area contributed by atoms with Gasteiger partial charge in [0.1, 0.15) is 11.4 Å². The van der Waals surface area contributed by atoms with E-state index < -0.39 is 0 Å². The Morgan fingerprint density at radius 2 is 2.00 bits per heavy atom. The fraction of sp³-hybridized carbons (Fsp3) is 0.400. The predicted octanol–water partition coefficient (Wildman–Crippen LogP) is 3.34. The van der Waals surface area contributed by atoms with Gasteiger partial charge in [-0.25, -0.2) is 9.50 Å². The molecule has 3 aromatic rings. The fourth-order valence-electron chi connectivity index (χ4n) is 3.58. The summed E-state index contributed by atoms with van der Waals surface area (Å²) in [5, 5.41) is 7.46. The maximum atomic E-state index is 12.8. The lowest BCUT2D eigenvalue weighted by Gasteiger charge is -2.18. The molecule has 7 heteroatoms. The lowest BCUT2D eigenvalue weighted by molar-refractivity contribution is 0.0935. The minimum atomic E-state index is -0.0921. The van der Waals surface area contributed by atoms with Crippen molar-refractivity contribution in [1.82, 2.24) is 24.9 Å². The number of pyridine rings is 1. The van der Waals surface area contributed by atoms with Crippen LogP contribution in [-0.4, -0.2) is 38.6 Å². The number of hydrogen-bond donors (Lipinski definition) is 1. The third-order valence-electron chi connectivity index (χ3n) is 5.17. The van der Waals surface area contributed by atoms with Gasteiger partial charge in [-0.15, -0.1) is 0 Å². The maximum absolute atomic E-state index is 12.8. The Hall–Kier alpha value is -2.96. The van der Waals surface area contributed by atoms with Gasteiger partial charge in [0.2, 0.25) is 0 Å². The summed E-state index contributed by atoms with van der Waals surface area (Å²) in [6.45, 7) is 0. The van der Waals surface area contributed by atoms with E-state index >= 15 is 0 Å². The van der Waals surface area contributed by atoms with E-state index in [0.717, 1.165) is 24.3 Å². The average Bonchev–Trinajstić information content (AvgIpc) is 2.97. The molecule has 0 spiro atoms. The van der Waals surface area contributed by atoms with E-state index in [2.05, 4.69) is 20.4 Å². The van der Waals surface area contributed by atoms with Crippen LogP contribution in [0.3, 0.4) is 0 Å². The number of nitrogens with zero attached hydrogens (tertiary/aromatic N) is 5. The standard InChI is InChI=1S/C20H24N6O/c1-25(16-9-6-11-21-13-16)18-10-12-26-19(24-18)17(14-22-26)20(27)23-15-7-4-2-3-5-8-15/h6,9-15H,2-5,7-8H2,1H3,(H,23,27). The highest BCUT2D eigenvalue weighted by molar-refractivity contribution is 6.00. The third-order valence-corrected chi connectivity index (χ3v) is 5.17. The van der Waals surface area contributed by atoms with Crippen LogP contribution in [0, 0.1) is 0 Å². The molecule has 1 N–H and O–H groups in total. The molecule has 0 aromatic carbocycles. The molecule has 1 aliphatic carbocycles. The highest BCUT2D eigenvalue weighted by atomic mass is 16.1. The zero-order valence-corrected chi connectivity index (χ0v) is 15.5. The first-order valence-electron chi connectivity index (χ1n) is 9.51. The second-order valence-corrected chi connectivity index (χ2v) is 7.04. The van der Waals surface area contributed by atoms with E-state index in [4.69, 9.17) is 0 Å². The summed E-state index contributed by atoms with van der Waals surface area (Å²) < 4.78 is 1.64. The minimum Gasteiger partial charge on any atom is -0.349 e. The zero-order chi connectivity index (χ0) is 18.6. The van der Waals surface area contributed by atoms with E-state index in [-0.39, 0.29) is 11.9 Å². The van der Waals surface area contributed by atoms with E-state index in [0.29, 0.717) is 11.2 Å². The normalized spacial score (nSPS) is 15.4. The molecule has 0 unspecified atom stereocenters. The smallest absolute Gasteiger partial charge is 0.256 e. The van der Waals surface area contributed by atoms with Crippen LogP contribution in [-0.2, 0) is 0 Å². The average molecular weight is 364 g/mol. The van der Waals surface area contributed by atoms with Crippen LogP contribution in [0.15, 0.2) is 43.0 Å². The summed E-state index contributed by atoms with van der Waals surface area (Å²) in [5.74, 6) is 0.644. The SMILES string of the molecule is CN(c1cccnc1)c1ccn2ncc(C(=O)NC3CCCCCC3)c2n1. The fourth-order valence-corrected chi connectivity index (χ4v) is 3.58. The van der Waals surface area contributed by atoms with Gasteiger partial charge in [0, 0.05) is 25.5 Å². The monoisotopic (exact) mass is 364 g/mol. The second kappa shape index (κ2) is 7.73. The number of anilines is 2. The number of rotatable bonds is 4. The van der Waals surface area contributed by atoms with Crippen LogP contribution in [0.5, 0.6) is 0 Å². The van der Waals surface area contributed by atoms with E-state index in [9.17, 15) is 4.79 Å². The second-order valence-electron chi connectivity index (χ2n) is 7.04. The molecule has 1 aliphatic rings. The Morgan fingerprint density at radius 3 is 2.74 bits per heavy atom. The molecule has 1 saturated carbocycles. The van der Waals surface area contributed by atoms with Gasteiger partial charge in [-0.05, 0) is 31.0 Å². The molecule has 140 valence electrons. The predicted molar refractivity (Wildman–Crippen MR) is 104 cm³/mol. The van der Waals surface area contributed by atoms with Gasteiger partial charge in [0.25, 0.3) is 5.91 Å². The van der Waals surface area contributed by atoms with Crippen molar-refractivity contribution >= 4 is 23.1 Å². The molecule has 4 rings (SSSR count). The largest absolute Gasteiger partial charge is 0.349 e. The molecule has 3 heterocycles. The Balaban J connectivity index is 1.59. The highest BCUT2D eigenvalue weighted by Crippen LogP contribution is 2.22. The Morgan fingerprint density at radius 1 is 1.19 bits per heavy atom. The molecule has 0 saturated heterocycles. The van der Waals surface area contributed by atoms with Gasteiger partial charge in [-0.3, -0.25) is 9.78 Å². The molecule has 0 bridgehead atoms. The molecule has 0 aliphatic heterocycles. The van der Waals surface area contributed by atoms with E-state index in [1.165, 1.54) is 25.7 Å². The van der Waals surface area contributed by atoms with Crippen LogP contribution in [0.1, 0.15) is 48.9 Å². The quantitative estimate of drug-likeness (QED) is 0.719. The summed E-state index contributed by atoms with van der Waals surface area (Å²) in [7, 11) is 1.93. The van der Waals surface area contributed by atoms with Crippen molar-refractivity contribution < 1.29 is 4.79 Å². The van der Waals surface area contributed by atoms with E-state index in [1.807, 2.05) is 36.3 Å². The number of amides is 1. The number of carbonyl (C=O) groups excluding carboxylic acids is 1. The lowest BCUT2D eigenvalue weighted by atomic mass is 10.1. The van der Waals surface area contributed by atoms with Crippen molar-refractivity contribution in [3.05, 3.63) is 48.5 Å². The van der Waals surface area contributed by atoms with Crippen LogP contribution in [0.2, 0.25) is 0 Å². The zero-order valence-electron chi connectivity index (χ0n) is 15.5. The lowest BCUT2D eigenvalue weighted by Crippen LogP contribution is -2.34. The number of nitrogens with one attached hydrogen (secondary N) is 1. The first-order chi connectivity index (χ1) is 13.2. The van der Waals surface area contributed by atoms with Crippen molar-refractivity contribution in [3.8, 4) is 0 Å². The van der Waals surface area contributed by atoms with Gasteiger partial charge in [-0.1, -0.05) is 25.7 Å². The molecule has 0 atom stereocenters. The summed E-state index contributed by atoms with van der Waals surface area (Å²) in [6, 6.07) is 5.97. The summed E-state index contributed by atoms with van der Waals surface area (Å²) >= 11 is 0. The van der Waals surface area contributed by atoms with Crippen molar-refractivity contribution in [1.29, 1.82) is 0 Å². The minimum absolute atomic E-state index is 0.0921. The van der Waals surface area contributed by atoms with Crippen molar-refractivity contribution in [2.75, 3.05) is 11.9 Å². The van der Waals surface area contributed by atoms with Crippen LogP contribution in [0.4, 0.5) is 11.5 Å². The molecule has 1 amide bonds. The van der Waals surface area contributed by atoms with Crippen molar-refractivity contribution in [2.45, 2.75) is 44.6 Å². The molecule has 27 heavy (non-hydrogen) atoms. The summed E-state index contributed by atoms with van der Waals surface area (Å²) in [6.07, 6.45) is 13.9. The Kier molecular flexibility index (Phi) is 5.00. The maximum Gasteiger partial charge on any atom is 0.256 e. The summed E-state index contributed by atoms with van der Waals surface area (Å²) in [5.41, 5.74) is 2.01. The van der Waals surface area contributed by atoms with Crippen molar-refractivity contribution in [2.24, 2.45) is 0 Å². The molecule has 1 fully saturated rings. The molecular weight excluding hydrogens is 340 g/mol. The van der Waals surface area contributed by atoms with Gasteiger partial charge in [0.05, 0.1) is 18.1 Å². The van der Waals surface area contributed by atoms with Gasteiger partial charge >= 0.3 is 0 Å². The van der Waals surface area contributed by atoms with Crippen LogP contribution in [0.25, 0.3) is 5.65 Å². The van der Waals surface area contributed by atoms with Crippen LogP contribution >= 0.6 is 0 Å². The molecule has 0 radical (unpaired) electrons. The highest BCUT2D eigenvalue weighted by Gasteiger charge is 2.20.